The molecule has 1 aromatic heterocycles. The number of benzene rings is 1. The maximum atomic E-state index is 12.6. The second-order valence-corrected chi connectivity index (χ2v) is 6.07. The number of hydrogen-bond donors (Lipinski definition) is 1. The summed E-state index contributed by atoms with van der Waals surface area (Å²) in [6, 6.07) is 9.90. The minimum atomic E-state index is -0.162. The van der Waals surface area contributed by atoms with Gasteiger partial charge in [-0.3, -0.25) is 10.1 Å². The molecule has 5 heteroatoms. The molecule has 2 rings (SSSR count). The number of anilines is 1. The van der Waals surface area contributed by atoms with Crippen LogP contribution in [0.2, 0.25) is 0 Å². The van der Waals surface area contributed by atoms with Crippen LogP contribution < -0.4 is 5.32 Å². The molecule has 1 N–H and O–H groups in total. The van der Waals surface area contributed by atoms with Gasteiger partial charge in [0.15, 0.2) is 0 Å². The van der Waals surface area contributed by atoms with Crippen LogP contribution >= 0.6 is 11.3 Å². The van der Waals surface area contributed by atoms with E-state index in [1.54, 1.807) is 0 Å². The Kier molecular flexibility index (Phi) is 4.84. The fourth-order valence-electron chi connectivity index (χ4n) is 2.16. The lowest BCUT2D eigenvalue weighted by Crippen LogP contribution is -2.26. The molecule has 1 heterocycles. The molecule has 20 heavy (non-hydrogen) atoms. The molecule has 0 aliphatic heterocycles. The molecule has 0 unspecified atom stereocenters. The van der Waals surface area contributed by atoms with Gasteiger partial charge in [0.05, 0.1) is 5.92 Å². The number of aryl methyl sites for hydroxylation is 1. The number of carbonyl (C=O) groups excluding carboxylic acids is 1. The van der Waals surface area contributed by atoms with E-state index in [1.807, 2.05) is 37.3 Å². The predicted molar refractivity (Wildman–Crippen MR) is 81.9 cm³/mol. The lowest BCUT2D eigenvalue weighted by Gasteiger charge is -2.22. The molecular weight excluding hydrogens is 270 g/mol. The van der Waals surface area contributed by atoms with Crippen molar-refractivity contribution < 1.29 is 4.79 Å². The van der Waals surface area contributed by atoms with Crippen molar-refractivity contribution in [2.75, 3.05) is 5.32 Å². The van der Waals surface area contributed by atoms with Gasteiger partial charge in [-0.25, -0.2) is 0 Å². The molecule has 0 aliphatic rings. The SMILES string of the molecule is CC[C@@H](C)[C@@H](C(=O)Nc1nnc(C)s1)c1ccccc1. The zero-order chi connectivity index (χ0) is 14.5. The number of rotatable bonds is 5. The summed E-state index contributed by atoms with van der Waals surface area (Å²) in [6.07, 6.45) is 0.947. The first-order valence-corrected chi connectivity index (χ1v) is 7.59. The molecule has 0 radical (unpaired) electrons. The van der Waals surface area contributed by atoms with Crippen LogP contribution in [0.1, 0.15) is 36.8 Å². The van der Waals surface area contributed by atoms with Crippen LogP contribution in [0.5, 0.6) is 0 Å². The highest BCUT2D eigenvalue weighted by molar-refractivity contribution is 7.15. The molecule has 0 spiro atoms. The summed E-state index contributed by atoms with van der Waals surface area (Å²) in [5.41, 5.74) is 1.04. The van der Waals surface area contributed by atoms with Gasteiger partial charge in [0.1, 0.15) is 5.01 Å². The van der Waals surface area contributed by atoms with Crippen LogP contribution in [-0.2, 0) is 4.79 Å². The summed E-state index contributed by atoms with van der Waals surface area (Å²) in [5.74, 6) is 0.0959. The molecule has 1 aromatic carbocycles. The van der Waals surface area contributed by atoms with E-state index in [2.05, 4.69) is 29.4 Å². The van der Waals surface area contributed by atoms with E-state index in [4.69, 9.17) is 0 Å². The highest BCUT2D eigenvalue weighted by atomic mass is 32.1. The van der Waals surface area contributed by atoms with Gasteiger partial charge in [0, 0.05) is 0 Å². The van der Waals surface area contributed by atoms with Gasteiger partial charge in [-0.2, -0.15) is 0 Å². The van der Waals surface area contributed by atoms with Crippen LogP contribution in [0.25, 0.3) is 0 Å². The highest BCUT2D eigenvalue weighted by Gasteiger charge is 2.26. The van der Waals surface area contributed by atoms with Crippen molar-refractivity contribution in [3.63, 3.8) is 0 Å². The Labute approximate surface area is 123 Å². The topological polar surface area (TPSA) is 54.9 Å². The standard InChI is InChI=1S/C15H19N3OS/c1-4-10(2)13(12-8-6-5-7-9-12)14(19)16-15-18-17-11(3)20-15/h5-10,13H,4H2,1-3H3,(H,16,18,19)/t10-,13-/m1/s1. The lowest BCUT2D eigenvalue weighted by atomic mass is 9.85. The third-order valence-corrected chi connectivity index (χ3v) is 4.16. The average molecular weight is 289 g/mol. The van der Waals surface area contributed by atoms with Crippen molar-refractivity contribution in [1.82, 2.24) is 10.2 Å². The number of carbonyl (C=O) groups is 1. The summed E-state index contributed by atoms with van der Waals surface area (Å²) in [6.45, 7) is 6.07. The molecule has 2 aromatic rings. The molecule has 0 saturated heterocycles. The molecular formula is C15H19N3OS. The van der Waals surface area contributed by atoms with E-state index >= 15 is 0 Å². The van der Waals surface area contributed by atoms with E-state index in [0.717, 1.165) is 17.0 Å². The van der Waals surface area contributed by atoms with E-state index in [9.17, 15) is 4.79 Å². The van der Waals surface area contributed by atoms with Gasteiger partial charge in [-0.15, -0.1) is 10.2 Å². The predicted octanol–water partition coefficient (Wildman–Crippen LogP) is 3.61. The summed E-state index contributed by atoms with van der Waals surface area (Å²) < 4.78 is 0. The minimum absolute atomic E-state index is 0.0123. The van der Waals surface area contributed by atoms with Gasteiger partial charge in [0.25, 0.3) is 0 Å². The summed E-state index contributed by atoms with van der Waals surface area (Å²) in [4.78, 5) is 12.6. The summed E-state index contributed by atoms with van der Waals surface area (Å²) in [7, 11) is 0. The maximum Gasteiger partial charge on any atom is 0.234 e. The quantitative estimate of drug-likeness (QED) is 0.914. The third-order valence-electron chi connectivity index (χ3n) is 3.41. The second kappa shape index (κ2) is 6.61. The van der Waals surface area contributed by atoms with Crippen LogP contribution in [0, 0.1) is 12.8 Å². The van der Waals surface area contributed by atoms with Gasteiger partial charge in [-0.1, -0.05) is 61.9 Å². The second-order valence-electron chi connectivity index (χ2n) is 4.89. The monoisotopic (exact) mass is 289 g/mol. The Morgan fingerprint density at radius 2 is 2.00 bits per heavy atom. The lowest BCUT2D eigenvalue weighted by molar-refractivity contribution is -0.118. The summed E-state index contributed by atoms with van der Waals surface area (Å²) in [5, 5.41) is 12.2. The van der Waals surface area contributed by atoms with Gasteiger partial charge >= 0.3 is 0 Å². The molecule has 0 bridgehead atoms. The van der Waals surface area contributed by atoms with Crippen molar-refractivity contribution in [2.45, 2.75) is 33.1 Å². The molecule has 0 aliphatic carbocycles. The normalized spacial score (nSPS) is 13.8. The molecule has 4 nitrogen and oxygen atoms in total. The van der Waals surface area contributed by atoms with E-state index in [0.29, 0.717) is 5.13 Å². The Hall–Kier alpha value is -1.75. The molecule has 2 atom stereocenters. The number of amides is 1. The van der Waals surface area contributed by atoms with Crippen molar-refractivity contribution in [3.8, 4) is 0 Å². The highest BCUT2D eigenvalue weighted by Crippen LogP contribution is 2.28. The Morgan fingerprint density at radius 1 is 1.30 bits per heavy atom. The first-order valence-electron chi connectivity index (χ1n) is 6.77. The number of nitrogens with zero attached hydrogens (tertiary/aromatic N) is 2. The molecule has 0 fully saturated rings. The van der Waals surface area contributed by atoms with Crippen molar-refractivity contribution in [1.29, 1.82) is 0 Å². The number of nitrogens with one attached hydrogen (secondary N) is 1. The molecule has 0 saturated carbocycles. The average Bonchev–Trinajstić information content (AvgIpc) is 2.85. The van der Waals surface area contributed by atoms with Crippen molar-refractivity contribution in [2.24, 2.45) is 5.92 Å². The van der Waals surface area contributed by atoms with E-state index in [1.165, 1.54) is 11.3 Å². The van der Waals surface area contributed by atoms with E-state index in [-0.39, 0.29) is 17.7 Å². The zero-order valence-electron chi connectivity index (χ0n) is 12.0. The molecule has 1 amide bonds. The first-order chi connectivity index (χ1) is 9.61. The smallest absolute Gasteiger partial charge is 0.234 e. The third kappa shape index (κ3) is 3.42. The largest absolute Gasteiger partial charge is 0.300 e. The first kappa shape index (κ1) is 14.7. The molecule has 106 valence electrons. The Morgan fingerprint density at radius 3 is 2.55 bits per heavy atom. The number of aromatic nitrogens is 2. The summed E-state index contributed by atoms with van der Waals surface area (Å²) >= 11 is 1.39. The fraction of sp³-hybridized carbons (Fsp3) is 0.400. The minimum Gasteiger partial charge on any atom is -0.300 e. The fourth-order valence-corrected chi connectivity index (χ4v) is 2.76. The van der Waals surface area contributed by atoms with Crippen molar-refractivity contribution in [3.05, 3.63) is 40.9 Å². The van der Waals surface area contributed by atoms with Crippen LogP contribution in [0.15, 0.2) is 30.3 Å². The van der Waals surface area contributed by atoms with Gasteiger partial charge in [-0.05, 0) is 18.4 Å². The zero-order valence-corrected chi connectivity index (χ0v) is 12.8. The van der Waals surface area contributed by atoms with Crippen LogP contribution in [-0.4, -0.2) is 16.1 Å². The van der Waals surface area contributed by atoms with Crippen LogP contribution in [0.3, 0.4) is 0 Å². The number of hydrogen-bond acceptors (Lipinski definition) is 4. The maximum absolute atomic E-state index is 12.6. The van der Waals surface area contributed by atoms with Gasteiger partial charge < -0.3 is 0 Å². The Balaban J connectivity index is 2.20. The van der Waals surface area contributed by atoms with Crippen molar-refractivity contribution >= 4 is 22.4 Å². The van der Waals surface area contributed by atoms with Crippen LogP contribution in [0.4, 0.5) is 5.13 Å². The van der Waals surface area contributed by atoms with Gasteiger partial charge in [0.2, 0.25) is 11.0 Å². The van der Waals surface area contributed by atoms with E-state index < -0.39 is 0 Å². The Bertz CT molecular complexity index is 568.